The first kappa shape index (κ1) is 17.1. The molecule has 0 saturated heterocycles. The Balaban J connectivity index is 2.47. The number of nitrogens with zero attached hydrogens (tertiary/aromatic N) is 1. The number of nitrogens with one attached hydrogen (secondary N) is 2. The van der Waals surface area contributed by atoms with E-state index < -0.39 is 0 Å². The minimum atomic E-state index is 0.170. The Bertz CT molecular complexity index is 447. The van der Waals surface area contributed by atoms with Crippen LogP contribution in [0.4, 0.5) is 0 Å². The van der Waals surface area contributed by atoms with E-state index in [1.807, 2.05) is 12.1 Å². The molecule has 0 aliphatic carbocycles. The van der Waals surface area contributed by atoms with Crippen LogP contribution in [0.25, 0.3) is 0 Å². The highest BCUT2D eigenvalue weighted by Gasteiger charge is 2.03. The van der Waals surface area contributed by atoms with Gasteiger partial charge in [0.05, 0.1) is 7.11 Å². The van der Waals surface area contributed by atoms with Crippen molar-refractivity contribution in [3.63, 3.8) is 0 Å². The number of unbranched alkanes of at least 4 members (excludes halogenated alkanes) is 1. The number of benzene rings is 1. The topological polar surface area (TPSA) is 65.9 Å². The standard InChI is InChI=1S/C16H27N3O2/c1-4-6-10-18-16(17-5-2)19-11-9-13-7-8-14(20)15(12-13)21-3/h7-8,12,20H,4-6,9-11H2,1-3H3,(H2,17,18,19). The fourth-order valence-electron chi connectivity index (χ4n) is 1.89. The third kappa shape index (κ3) is 6.38. The van der Waals surface area contributed by atoms with Gasteiger partial charge in [-0.05, 0) is 37.5 Å². The van der Waals surface area contributed by atoms with Crippen molar-refractivity contribution in [2.45, 2.75) is 33.1 Å². The van der Waals surface area contributed by atoms with Gasteiger partial charge >= 0.3 is 0 Å². The van der Waals surface area contributed by atoms with E-state index in [0.29, 0.717) is 5.75 Å². The zero-order valence-corrected chi connectivity index (χ0v) is 13.3. The molecule has 0 fully saturated rings. The number of ether oxygens (including phenoxy) is 1. The molecule has 3 N–H and O–H groups in total. The molecule has 0 heterocycles. The lowest BCUT2D eigenvalue weighted by atomic mass is 10.1. The lowest BCUT2D eigenvalue weighted by Crippen LogP contribution is -2.38. The molecular weight excluding hydrogens is 266 g/mol. The molecule has 0 aliphatic heterocycles. The second-order valence-corrected chi connectivity index (χ2v) is 4.80. The van der Waals surface area contributed by atoms with Crippen molar-refractivity contribution < 1.29 is 9.84 Å². The lowest BCUT2D eigenvalue weighted by molar-refractivity contribution is 0.373. The van der Waals surface area contributed by atoms with E-state index in [0.717, 1.165) is 50.4 Å². The highest BCUT2D eigenvalue weighted by atomic mass is 16.5. The Hall–Kier alpha value is -1.91. The molecule has 0 spiro atoms. The second kappa shape index (κ2) is 9.91. The first-order chi connectivity index (χ1) is 10.2. The number of phenolic OH excluding ortho intramolecular Hbond substituents is 1. The van der Waals surface area contributed by atoms with Crippen LogP contribution in [0.15, 0.2) is 23.2 Å². The van der Waals surface area contributed by atoms with Gasteiger partial charge < -0.3 is 20.5 Å². The van der Waals surface area contributed by atoms with Crippen molar-refractivity contribution in [3.05, 3.63) is 23.8 Å². The summed E-state index contributed by atoms with van der Waals surface area (Å²) in [7, 11) is 1.56. The average Bonchev–Trinajstić information content (AvgIpc) is 2.49. The molecule has 0 aromatic heterocycles. The Labute approximate surface area is 127 Å². The van der Waals surface area contributed by atoms with Crippen molar-refractivity contribution >= 4 is 5.96 Å². The van der Waals surface area contributed by atoms with E-state index in [9.17, 15) is 5.11 Å². The van der Waals surface area contributed by atoms with Gasteiger partial charge in [0.15, 0.2) is 17.5 Å². The molecule has 0 atom stereocenters. The van der Waals surface area contributed by atoms with Crippen LogP contribution in [0.2, 0.25) is 0 Å². The number of guanidine groups is 1. The van der Waals surface area contributed by atoms with Gasteiger partial charge in [-0.2, -0.15) is 0 Å². The molecule has 0 radical (unpaired) electrons. The third-order valence-electron chi connectivity index (χ3n) is 3.08. The number of rotatable bonds is 8. The van der Waals surface area contributed by atoms with E-state index in [2.05, 4.69) is 29.5 Å². The first-order valence-corrected chi connectivity index (χ1v) is 7.59. The molecular formula is C16H27N3O2. The molecule has 1 rings (SSSR count). The monoisotopic (exact) mass is 293 g/mol. The molecule has 1 aromatic carbocycles. The van der Waals surface area contributed by atoms with Crippen LogP contribution >= 0.6 is 0 Å². The van der Waals surface area contributed by atoms with E-state index in [-0.39, 0.29) is 5.75 Å². The van der Waals surface area contributed by atoms with Gasteiger partial charge in [-0.3, -0.25) is 4.99 Å². The van der Waals surface area contributed by atoms with Crippen LogP contribution in [0.3, 0.4) is 0 Å². The van der Waals surface area contributed by atoms with Crippen molar-refractivity contribution in [3.8, 4) is 11.5 Å². The van der Waals surface area contributed by atoms with Gasteiger partial charge in [0, 0.05) is 19.6 Å². The summed E-state index contributed by atoms with van der Waals surface area (Å²) in [5.41, 5.74) is 1.11. The van der Waals surface area contributed by atoms with Crippen LogP contribution in [0.5, 0.6) is 11.5 Å². The molecule has 0 unspecified atom stereocenters. The number of hydrogen-bond donors (Lipinski definition) is 3. The second-order valence-electron chi connectivity index (χ2n) is 4.80. The summed E-state index contributed by atoms with van der Waals surface area (Å²) in [6.07, 6.45) is 3.09. The fraction of sp³-hybridized carbons (Fsp3) is 0.562. The van der Waals surface area contributed by atoms with Crippen LogP contribution in [-0.2, 0) is 6.42 Å². The molecule has 118 valence electrons. The highest BCUT2D eigenvalue weighted by molar-refractivity contribution is 5.79. The van der Waals surface area contributed by atoms with Crippen LogP contribution in [0, 0.1) is 0 Å². The molecule has 0 aliphatic rings. The molecule has 21 heavy (non-hydrogen) atoms. The smallest absolute Gasteiger partial charge is 0.191 e. The van der Waals surface area contributed by atoms with E-state index in [1.54, 1.807) is 13.2 Å². The summed E-state index contributed by atoms with van der Waals surface area (Å²) in [5.74, 6) is 1.54. The summed E-state index contributed by atoms with van der Waals surface area (Å²) >= 11 is 0. The summed E-state index contributed by atoms with van der Waals surface area (Å²) in [6.45, 7) is 6.70. The van der Waals surface area contributed by atoms with Gasteiger partial charge in [-0.15, -0.1) is 0 Å². The Morgan fingerprint density at radius 3 is 2.76 bits per heavy atom. The minimum absolute atomic E-state index is 0.170. The molecule has 0 bridgehead atoms. The van der Waals surface area contributed by atoms with Gasteiger partial charge in [0.1, 0.15) is 0 Å². The van der Waals surface area contributed by atoms with Gasteiger partial charge in [0.2, 0.25) is 0 Å². The lowest BCUT2D eigenvalue weighted by Gasteiger charge is -2.12. The maximum atomic E-state index is 9.57. The number of aliphatic imine (C=N–C) groups is 1. The summed E-state index contributed by atoms with van der Waals surface area (Å²) in [5, 5.41) is 16.1. The molecule has 5 heteroatoms. The van der Waals surface area contributed by atoms with Crippen LogP contribution in [0.1, 0.15) is 32.3 Å². The van der Waals surface area contributed by atoms with Crippen molar-refractivity contribution in [2.75, 3.05) is 26.7 Å². The average molecular weight is 293 g/mol. The van der Waals surface area contributed by atoms with E-state index in [1.165, 1.54) is 0 Å². The van der Waals surface area contributed by atoms with Gasteiger partial charge in [-0.1, -0.05) is 19.4 Å². The largest absolute Gasteiger partial charge is 0.504 e. The molecule has 5 nitrogen and oxygen atoms in total. The van der Waals surface area contributed by atoms with Crippen molar-refractivity contribution in [2.24, 2.45) is 4.99 Å². The normalized spacial score (nSPS) is 11.3. The minimum Gasteiger partial charge on any atom is -0.504 e. The van der Waals surface area contributed by atoms with Crippen molar-refractivity contribution in [1.29, 1.82) is 0 Å². The Morgan fingerprint density at radius 2 is 2.10 bits per heavy atom. The maximum Gasteiger partial charge on any atom is 0.191 e. The van der Waals surface area contributed by atoms with Crippen LogP contribution in [-0.4, -0.2) is 37.8 Å². The predicted octanol–water partition coefficient (Wildman–Crippen LogP) is 2.30. The summed E-state index contributed by atoms with van der Waals surface area (Å²) in [4.78, 5) is 4.51. The van der Waals surface area contributed by atoms with Crippen LogP contribution < -0.4 is 15.4 Å². The summed E-state index contributed by atoms with van der Waals surface area (Å²) < 4.78 is 5.11. The number of methoxy groups -OCH3 is 1. The zero-order chi connectivity index (χ0) is 15.5. The van der Waals surface area contributed by atoms with Gasteiger partial charge in [0.25, 0.3) is 0 Å². The Morgan fingerprint density at radius 1 is 1.29 bits per heavy atom. The zero-order valence-electron chi connectivity index (χ0n) is 13.3. The van der Waals surface area contributed by atoms with E-state index in [4.69, 9.17) is 4.74 Å². The molecule has 1 aromatic rings. The SMILES string of the molecule is CCCCN=C(NCC)NCCc1ccc(O)c(OC)c1. The number of hydrogen-bond acceptors (Lipinski definition) is 3. The number of aromatic hydroxyl groups is 1. The number of phenols is 1. The highest BCUT2D eigenvalue weighted by Crippen LogP contribution is 2.26. The first-order valence-electron chi connectivity index (χ1n) is 7.59. The van der Waals surface area contributed by atoms with Crippen molar-refractivity contribution in [1.82, 2.24) is 10.6 Å². The van der Waals surface area contributed by atoms with Gasteiger partial charge in [-0.25, -0.2) is 0 Å². The predicted molar refractivity (Wildman–Crippen MR) is 87.3 cm³/mol. The third-order valence-corrected chi connectivity index (χ3v) is 3.08. The quantitative estimate of drug-likeness (QED) is 0.391. The Kier molecular flexibility index (Phi) is 8.09. The molecule has 0 amide bonds. The van der Waals surface area contributed by atoms with E-state index >= 15 is 0 Å². The maximum absolute atomic E-state index is 9.57. The molecule has 0 saturated carbocycles. The summed E-state index contributed by atoms with van der Waals surface area (Å²) in [6, 6.07) is 5.42. The fourth-order valence-corrected chi connectivity index (χ4v) is 1.89.